The second-order valence-corrected chi connectivity index (χ2v) is 7.21. The van der Waals surface area contributed by atoms with Crippen molar-refractivity contribution in [2.24, 2.45) is 0 Å². The number of hydrogen-bond acceptors (Lipinski definition) is 4. The molecule has 1 amide bonds. The summed E-state index contributed by atoms with van der Waals surface area (Å²) in [5.74, 6) is -0.842. The Balaban J connectivity index is 0.00000364. The summed E-state index contributed by atoms with van der Waals surface area (Å²) in [6.45, 7) is 8.14. The van der Waals surface area contributed by atoms with Crippen LogP contribution >= 0.6 is 24.0 Å². The number of piperidine rings is 1. The number of likely N-dealkylation sites (N-methyl/N-ethyl adjacent to an activating group) is 1. The molecule has 1 aromatic carbocycles. The SMILES string of the molecule is CCN(CC(=O)O)C1CCN(C(C)C(=O)Nc2cccc(Cl)c2C)CC1.Cl. The number of carbonyl (C=O) groups is 2. The van der Waals surface area contributed by atoms with Crippen molar-refractivity contribution in [3.05, 3.63) is 28.8 Å². The first-order valence-corrected chi connectivity index (χ1v) is 9.47. The highest BCUT2D eigenvalue weighted by Gasteiger charge is 2.29. The van der Waals surface area contributed by atoms with Gasteiger partial charge in [-0.15, -0.1) is 12.4 Å². The first-order valence-electron chi connectivity index (χ1n) is 9.09. The number of anilines is 1. The van der Waals surface area contributed by atoms with Gasteiger partial charge in [-0.05, 0) is 50.9 Å². The van der Waals surface area contributed by atoms with Crippen LogP contribution in [-0.4, -0.2) is 65.0 Å². The highest BCUT2D eigenvalue weighted by atomic mass is 35.5. The fourth-order valence-electron chi connectivity index (χ4n) is 3.46. The normalized spacial score (nSPS) is 16.6. The van der Waals surface area contributed by atoms with Crippen molar-refractivity contribution >= 4 is 41.6 Å². The predicted octanol–water partition coefficient (Wildman–Crippen LogP) is 3.27. The molecule has 8 heteroatoms. The van der Waals surface area contributed by atoms with Crippen LogP contribution in [0.4, 0.5) is 5.69 Å². The molecule has 1 saturated heterocycles. The van der Waals surface area contributed by atoms with E-state index in [1.807, 2.05) is 37.8 Å². The van der Waals surface area contributed by atoms with Crippen LogP contribution in [0.15, 0.2) is 18.2 Å². The van der Waals surface area contributed by atoms with Gasteiger partial charge in [0, 0.05) is 29.8 Å². The lowest BCUT2D eigenvalue weighted by atomic mass is 10.0. The fourth-order valence-corrected chi connectivity index (χ4v) is 3.63. The topological polar surface area (TPSA) is 72.9 Å². The van der Waals surface area contributed by atoms with Gasteiger partial charge in [-0.25, -0.2) is 0 Å². The molecule has 1 aliphatic rings. The number of aliphatic carboxylic acids is 1. The number of carbonyl (C=O) groups excluding carboxylic acids is 1. The summed E-state index contributed by atoms with van der Waals surface area (Å²) in [5.41, 5.74) is 1.60. The van der Waals surface area contributed by atoms with Crippen LogP contribution in [0.3, 0.4) is 0 Å². The number of likely N-dealkylation sites (tertiary alicyclic amines) is 1. The van der Waals surface area contributed by atoms with Crippen molar-refractivity contribution < 1.29 is 14.7 Å². The van der Waals surface area contributed by atoms with Gasteiger partial charge in [0.1, 0.15) is 0 Å². The summed E-state index contributed by atoms with van der Waals surface area (Å²) in [6, 6.07) is 5.49. The largest absolute Gasteiger partial charge is 0.480 e. The summed E-state index contributed by atoms with van der Waals surface area (Å²) in [4.78, 5) is 27.7. The molecule has 0 aliphatic carbocycles. The van der Waals surface area contributed by atoms with Gasteiger partial charge in [0.15, 0.2) is 0 Å². The average molecular weight is 418 g/mol. The van der Waals surface area contributed by atoms with Gasteiger partial charge in [0.25, 0.3) is 0 Å². The average Bonchev–Trinajstić information content (AvgIpc) is 2.63. The Morgan fingerprint density at radius 1 is 1.37 bits per heavy atom. The zero-order valence-corrected chi connectivity index (χ0v) is 17.6. The van der Waals surface area contributed by atoms with E-state index in [0.717, 1.165) is 43.7 Å². The van der Waals surface area contributed by atoms with Crippen molar-refractivity contribution in [1.82, 2.24) is 9.80 Å². The molecule has 1 heterocycles. The Kier molecular flexibility index (Phi) is 9.53. The zero-order chi connectivity index (χ0) is 19.3. The van der Waals surface area contributed by atoms with Gasteiger partial charge in [-0.2, -0.15) is 0 Å². The lowest BCUT2D eigenvalue weighted by molar-refractivity contribution is -0.139. The lowest BCUT2D eigenvalue weighted by Crippen LogP contribution is -2.51. The van der Waals surface area contributed by atoms with E-state index in [1.165, 1.54) is 0 Å². The maximum Gasteiger partial charge on any atom is 0.317 e. The summed E-state index contributed by atoms with van der Waals surface area (Å²) in [6.07, 6.45) is 1.74. The molecule has 1 aliphatic heterocycles. The number of hydrogen-bond donors (Lipinski definition) is 2. The highest BCUT2D eigenvalue weighted by molar-refractivity contribution is 6.31. The van der Waals surface area contributed by atoms with E-state index in [2.05, 4.69) is 10.2 Å². The van der Waals surface area contributed by atoms with Gasteiger partial charge in [0.05, 0.1) is 12.6 Å². The molecule has 0 bridgehead atoms. The van der Waals surface area contributed by atoms with Gasteiger partial charge in [-0.1, -0.05) is 24.6 Å². The second-order valence-electron chi connectivity index (χ2n) is 6.80. The third kappa shape index (κ3) is 6.35. The number of halogens is 2. The number of carboxylic acids is 1. The number of benzene rings is 1. The molecular formula is C19H29Cl2N3O3. The molecule has 1 fully saturated rings. The minimum Gasteiger partial charge on any atom is -0.480 e. The van der Waals surface area contributed by atoms with Gasteiger partial charge in [-0.3, -0.25) is 19.4 Å². The van der Waals surface area contributed by atoms with Gasteiger partial charge >= 0.3 is 5.97 Å². The Morgan fingerprint density at radius 3 is 2.56 bits per heavy atom. The standard InChI is InChI=1S/C19H28ClN3O3.ClH/c1-4-22(12-18(24)25)15-8-10-23(11-9-15)14(3)19(26)21-17-7-5-6-16(20)13(17)2;/h5-7,14-15H,4,8-12H2,1-3H3,(H,21,26)(H,24,25);1H. The molecule has 1 atom stereocenters. The number of carboxylic acid groups (broad SMARTS) is 1. The molecule has 0 aromatic heterocycles. The van der Waals surface area contributed by atoms with Crippen molar-refractivity contribution in [1.29, 1.82) is 0 Å². The Hall–Kier alpha value is -1.34. The third-order valence-corrected chi connectivity index (χ3v) is 5.62. The maximum absolute atomic E-state index is 12.6. The molecule has 27 heavy (non-hydrogen) atoms. The fraction of sp³-hybridized carbons (Fsp3) is 0.579. The first kappa shape index (κ1) is 23.7. The van der Waals surface area contributed by atoms with E-state index >= 15 is 0 Å². The lowest BCUT2D eigenvalue weighted by Gasteiger charge is -2.39. The number of nitrogens with zero attached hydrogens (tertiary/aromatic N) is 2. The van der Waals surface area contributed by atoms with E-state index in [-0.39, 0.29) is 36.9 Å². The number of rotatable bonds is 7. The van der Waals surface area contributed by atoms with E-state index < -0.39 is 5.97 Å². The van der Waals surface area contributed by atoms with Crippen LogP contribution in [0.25, 0.3) is 0 Å². The van der Waals surface area contributed by atoms with E-state index in [4.69, 9.17) is 16.7 Å². The van der Waals surface area contributed by atoms with Crippen molar-refractivity contribution in [2.75, 3.05) is 31.5 Å². The summed E-state index contributed by atoms with van der Waals surface area (Å²) in [7, 11) is 0. The van der Waals surface area contributed by atoms with E-state index in [1.54, 1.807) is 6.07 Å². The Morgan fingerprint density at radius 2 is 2.00 bits per heavy atom. The van der Waals surface area contributed by atoms with Crippen LogP contribution in [0.1, 0.15) is 32.3 Å². The predicted molar refractivity (Wildman–Crippen MR) is 111 cm³/mol. The molecule has 1 aromatic rings. The van der Waals surface area contributed by atoms with Crippen LogP contribution in [-0.2, 0) is 9.59 Å². The zero-order valence-electron chi connectivity index (χ0n) is 16.1. The molecule has 0 saturated carbocycles. The van der Waals surface area contributed by atoms with Crippen molar-refractivity contribution in [2.45, 2.75) is 45.7 Å². The van der Waals surface area contributed by atoms with E-state index in [0.29, 0.717) is 5.02 Å². The summed E-state index contributed by atoms with van der Waals surface area (Å²) in [5, 5.41) is 12.6. The molecule has 0 spiro atoms. The quantitative estimate of drug-likeness (QED) is 0.711. The van der Waals surface area contributed by atoms with Crippen LogP contribution in [0, 0.1) is 6.92 Å². The monoisotopic (exact) mass is 417 g/mol. The van der Waals surface area contributed by atoms with Crippen LogP contribution < -0.4 is 5.32 Å². The number of amides is 1. The molecular weight excluding hydrogens is 389 g/mol. The third-order valence-electron chi connectivity index (χ3n) is 5.21. The molecule has 1 unspecified atom stereocenters. The maximum atomic E-state index is 12.6. The molecule has 0 radical (unpaired) electrons. The van der Waals surface area contributed by atoms with E-state index in [9.17, 15) is 9.59 Å². The molecule has 152 valence electrons. The molecule has 2 N–H and O–H groups in total. The van der Waals surface area contributed by atoms with Crippen LogP contribution in [0.2, 0.25) is 5.02 Å². The van der Waals surface area contributed by atoms with Gasteiger partial charge in [0.2, 0.25) is 5.91 Å². The highest BCUT2D eigenvalue weighted by Crippen LogP contribution is 2.24. The summed E-state index contributed by atoms with van der Waals surface area (Å²) >= 11 is 6.11. The van der Waals surface area contributed by atoms with Gasteiger partial charge < -0.3 is 10.4 Å². The Labute approximate surface area is 172 Å². The smallest absolute Gasteiger partial charge is 0.317 e. The molecule has 6 nitrogen and oxygen atoms in total. The molecule has 2 rings (SSSR count). The minimum atomic E-state index is -0.793. The van der Waals surface area contributed by atoms with Crippen molar-refractivity contribution in [3.8, 4) is 0 Å². The van der Waals surface area contributed by atoms with Crippen LogP contribution in [0.5, 0.6) is 0 Å². The Bertz CT molecular complexity index is 649. The minimum absolute atomic E-state index is 0. The summed E-state index contributed by atoms with van der Waals surface area (Å²) < 4.78 is 0. The number of nitrogens with one attached hydrogen (secondary N) is 1. The second kappa shape index (κ2) is 10.9. The van der Waals surface area contributed by atoms with Crippen molar-refractivity contribution in [3.63, 3.8) is 0 Å². The first-order chi connectivity index (χ1) is 12.3.